The quantitative estimate of drug-likeness (QED) is 0.837. The van der Waals surface area contributed by atoms with Gasteiger partial charge in [0.05, 0.1) is 12.7 Å². The Kier molecular flexibility index (Phi) is 4.71. The van der Waals surface area contributed by atoms with E-state index in [1.165, 1.54) is 28.9 Å². The van der Waals surface area contributed by atoms with Gasteiger partial charge in [-0.2, -0.15) is 0 Å². The summed E-state index contributed by atoms with van der Waals surface area (Å²) < 4.78 is 4.91. The van der Waals surface area contributed by atoms with Crippen LogP contribution in [0.3, 0.4) is 0 Å². The molecular weight excluding hydrogens is 322 g/mol. The summed E-state index contributed by atoms with van der Waals surface area (Å²) in [5.41, 5.74) is 3.35. The molecule has 0 atom stereocenters. The minimum absolute atomic E-state index is 0.199. The Morgan fingerprint density at radius 3 is 2.50 bits per heavy atom. The van der Waals surface area contributed by atoms with E-state index >= 15 is 0 Å². The number of aryl methyl sites for hydroxylation is 1. The Hall–Kier alpha value is -2.14. The third-order valence-corrected chi connectivity index (χ3v) is 5.58. The number of anilines is 1. The second kappa shape index (κ2) is 6.77. The van der Waals surface area contributed by atoms with Gasteiger partial charge < -0.3 is 10.1 Å². The summed E-state index contributed by atoms with van der Waals surface area (Å²) >= 11 is 1.49. The molecule has 0 saturated heterocycles. The van der Waals surface area contributed by atoms with Crippen LogP contribution in [0.2, 0.25) is 0 Å². The van der Waals surface area contributed by atoms with Crippen molar-refractivity contribution in [3.05, 3.63) is 51.4 Å². The number of hydrogen-bond acceptors (Lipinski definition) is 4. The van der Waals surface area contributed by atoms with Crippen molar-refractivity contribution in [1.82, 2.24) is 0 Å². The average molecular weight is 343 g/mol. The first-order valence-electron chi connectivity index (χ1n) is 8.15. The molecule has 24 heavy (non-hydrogen) atoms. The number of rotatable bonds is 4. The molecule has 5 heteroatoms. The van der Waals surface area contributed by atoms with Crippen molar-refractivity contribution in [3.63, 3.8) is 0 Å². The second-order valence-electron chi connectivity index (χ2n) is 6.28. The van der Waals surface area contributed by atoms with Crippen LogP contribution in [0.25, 0.3) is 0 Å². The van der Waals surface area contributed by atoms with Crippen LogP contribution in [-0.4, -0.2) is 19.0 Å². The lowest BCUT2D eigenvalue weighted by Gasteiger charge is -2.09. The molecule has 1 aliphatic rings. The van der Waals surface area contributed by atoms with Gasteiger partial charge in [0.15, 0.2) is 0 Å². The molecule has 4 nitrogen and oxygen atoms in total. The van der Waals surface area contributed by atoms with E-state index < -0.39 is 0 Å². The predicted molar refractivity (Wildman–Crippen MR) is 96.2 cm³/mol. The molecule has 1 aromatic heterocycles. The Balaban J connectivity index is 1.85. The van der Waals surface area contributed by atoms with E-state index in [9.17, 15) is 9.59 Å². The monoisotopic (exact) mass is 343 g/mol. The van der Waals surface area contributed by atoms with Gasteiger partial charge in [0.25, 0.3) is 5.91 Å². The number of esters is 1. The fraction of sp³-hybridized carbons (Fsp3) is 0.368. The molecule has 1 amide bonds. The first-order valence-corrected chi connectivity index (χ1v) is 8.97. The topological polar surface area (TPSA) is 55.4 Å². The number of amides is 1. The Bertz CT molecular complexity index is 775. The molecule has 0 unspecified atom stereocenters. The summed E-state index contributed by atoms with van der Waals surface area (Å²) in [6.45, 7) is 4.23. The molecule has 3 rings (SSSR count). The van der Waals surface area contributed by atoms with Gasteiger partial charge in [0.2, 0.25) is 0 Å². The maximum Gasteiger partial charge on any atom is 0.341 e. The smallest absolute Gasteiger partial charge is 0.341 e. The van der Waals surface area contributed by atoms with E-state index in [0.29, 0.717) is 22.0 Å². The van der Waals surface area contributed by atoms with Crippen LogP contribution in [0.1, 0.15) is 62.9 Å². The number of hydrogen-bond donors (Lipinski definition) is 1. The maximum atomic E-state index is 12.5. The number of ether oxygens (including phenoxy) is 1. The highest BCUT2D eigenvalue weighted by Crippen LogP contribution is 2.39. The standard InChI is InChI=1S/C19H21NO3S/c1-11(2)12-7-9-13(10-8-12)17(21)20-18-16(19(22)23-3)14-5-4-6-15(14)24-18/h7-11H,4-6H2,1-3H3,(H,20,21). The predicted octanol–water partition coefficient (Wildman–Crippen LogP) is 4.40. The molecule has 1 N–H and O–H groups in total. The molecular formula is C19H21NO3S. The average Bonchev–Trinajstić information content (AvgIpc) is 3.14. The third kappa shape index (κ3) is 3.08. The lowest BCUT2D eigenvalue weighted by molar-refractivity contribution is 0.0601. The first kappa shape index (κ1) is 16.7. The minimum atomic E-state index is -0.375. The largest absolute Gasteiger partial charge is 0.465 e. The lowest BCUT2D eigenvalue weighted by Crippen LogP contribution is -2.14. The Morgan fingerprint density at radius 2 is 1.88 bits per heavy atom. The van der Waals surface area contributed by atoms with E-state index in [-0.39, 0.29) is 11.9 Å². The van der Waals surface area contributed by atoms with E-state index in [1.54, 1.807) is 0 Å². The van der Waals surface area contributed by atoms with Gasteiger partial charge in [-0.3, -0.25) is 4.79 Å². The van der Waals surface area contributed by atoms with Crippen LogP contribution in [-0.2, 0) is 17.6 Å². The lowest BCUT2D eigenvalue weighted by atomic mass is 10.0. The van der Waals surface area contributed by atoms with E-state index in [0.717, 1.165) is 24.8 Å². The molecule has 0 spiro atoms. The zero-order valence-electron chi connectivity index (χ0n) is 14.1. The molecule has 2 aromatic rings. The maximum absolute atomic E-state index is 12.5. The highest BCUT2D eigenvalue weighted by atomic mass is 32.1. The molecule has 0 radical (unpaired) electrons. The molecule has 1 aliphatic carbocycles. The normalized spacial score (nSPS) is 13.0. The van der Waals surface area contributed by atoms with Gasteiger partial charge in [-0.1, -0.05) is 26.0 Å². The number of fused-ring (bicyclic) bond motifs is 1. The van der Waals surface area contributed by atoms with Crippen LogP contribution < -0.4 is 5.32 Å². The van der Waals surface area contributed by atoms with Crippen LogP contribution in [0.15, 0.2) is 24.3 Å². The summed E-state index contributed by atoms with van der Waals surface area (Å²) in [5, 5.41) is 3.50. The van der Waals surface area contributed by atoms with E-state index in [2.05, 4.69) is 19.2 Å². The Labute approximate surface area is 145 Å². The molecule has 0 saturated carbocycles. The SMILES string of the molecule is COC(=O)c1c(NC(=O)c2ccc(C(C)C)cc2)sc2c1CCC2. The van der Waals surface area contributed by atoms with Gasteiger partial charge in [-0.15, -0.1) is 11.3 Å². The summed E-state index contributed by atoms with van der Waals surface area (Å²) in [6.07, 6.45) is 2.88. The summed E-state index contributed by atoms with van der Waals surface area (Å²) in [4.78, 5) is 25.8. The second-order valence-corrected chi connectivity index (χ2v) is 7.39. The van der Waals surface area contributed by atoms with Gasteiger partial charge in [0.1, 0.15) is 5.00 Å². The number of carbonyl (C=O) groups excluding carboxylic acids is 2. The number of thiophene rings is 1. The third-order valence-electron chi connectivity index (χ3n) is 4.38. The molecule has 0 fully saturated rings. The van der Waals surface area contributed by atoms with E-state index in [1.807, 2.05) is 24.3 Å². The highest BCUT2D eigenvalue weighted by molar-refractivity contribution is 7.17. The van der Waals surface area contributed by atoms with Crippen LogP contribution in [0.5, 0.6) is 0 Å². The summed E-state index contributed by atoms with van der Waals surface area (Å²) in [7, 11) is 1.37. The summed E-state index contributed by atoms with van der Waals surface area (Å²) in [6, 6.07) is 7.58. The van der Waals surface area contributed by atoms with Gasteiger partial charge >= 0.3 is 5.97 Å². The van der Waals surface area contributed by atoms with Crippen molar-refractivity contribution in [2.24, 2.45) is 0 Å². The molecule has 1 aromatic carbocycles. The Morgan fingerprint density at radius 1 is 1.17 bits per heavy atom. The van der Waals surface area contributed by atoms with Crippen molar-refractivity contribution in [3.8, 4) is 0 Å². The molecule has 0 bridgehead atoms. The van der Waals surface area contributed by atoms with Crippen LogP contribution in [0, 0.1) is 0 Å². The first-order chi connectivity index (χ1) is 11.5. The number of methoxy groups -OCH3 is 1. The molecule has 0 aliphatic heterocycles. The number of carbonyl (C=O) groups is 2. The van der Waals surface area contributed by atoms with Crippen LogP contribution >= 0.6 is 11.3 Å². The molecule has 1 heterocycles. The number of benzene rings is 1. The van der Waals surface area contributed by atoms with Crippen molar-refractivity contribution < 1.29 is 14.3 Å². The zero-order chi connectivity index (χ0) is 17.3. The minimum Gasteiger partial charge on any atom is -0.465 e. The highest BCUT2D eigenvalue weighted by Gasteiger charge is 2.28. The zero-order valence-corrected chi connectivity index (χ0v) is 15.0. The number of nitrogens with one attached hydrogen (secondary N) is 1. The van der Waals surface area contributed by atoms with Crippen LogP contribution in [0.4, 0.5) is 5.00 Å². The summed E-state index contributed by atoms with van der Waals surface area (Å²) in [5.74, 6) is -0.149. The van der Waals surface area contributed by atoms with Gasteiger partial charge in [-0.25, -0.2) is 4.79 Å². The fourth-order valence-electron chi connectivity index (χ4n) is 3.01. The fourth-order valence-corrected chi connectivity index (χ4v) is 4.28. The van der Waals surface area contributed by atoms with Crippen molar-refractivity contribution in [1.29, 1.82) is 0 Å². The van der Waals surface area contributed by atoms with Crippen molar-refractivity contribution in [2.45, 2.75) is 39.0 Å². The van der Waals surface area contributed by atoms with Crippen molar-refractivity contribution >= 4 is 28.2 Å². The van der Waals surface area contributed by atoms with E-state index in [4.69, 9.17) is 4.74 Å². The van der Waals surface area contributed by atoms with Crippen molar-refractivity contribution in [2.75, 3.05) is 12.4 Å². The van der Waals surface area contributed by atoms with Gasteiger partial charge in [0, 0.05) is 10.4 Å². The van der Waals surface area contributed by atoms with Gasteiger partial charge in [-0.05, 0) is 48.4 Å². The molecule has 126 valence electrons.